The molecule has 0 bridgehead atoms. The summed E-state index contributed by atoms with van der Waals surface area (Å²) in [5.41, 5.74) is 10.3. The Bertz CT molecular complexity index is 402. The summed E-state index contributed by atoms with van der Waals surface area (Å²) in [6, 6.07) is 7.22. The van der Waals surface area contributed by atoms with Crippen LogP contribution in [-0.4, -0.2) is 31.1 Å². The largest absolute Gasteiger partial charge is 0.370 e. The van der Waals surface area contributed by atoms with Crippen LogP contribution in [-0.2, 0) is 13.1 Å². The Morgan fingerprint density at radius 1 is 1.25 bits per heavy atom. The zero-order valence-electron chi connectivity index (χ0n) is 9.82. The number of hydrogen-bond donors (Lipinski definition) is 1. The van der Waals surface area contributed by atoms with Gasteiger partial charge in [0.25, 0.3) is 0 Å². The van der Waals surface area contributed by atoms with Crippen molar-refractivity contribution in [2.45, 2.75) is 25.6 Å². The lowest BCUT2D eigenvalue weighted by atomic mass is 10.1. The van der Waals surface area contributed by atoms with Crippen LogP contribution in [0.2, 0.25) is 0 Å². The fourth-order valence-electron chi connectivity index (χ4n) is 2.77. The lowest BCUT2D eigenvalue weighted by Gasteiger charge is -2.18. The highest BCUT2D eigenvalue weighted by atomic mass is 15.2. The molecule has 3 rings (SSSR count). The van der Waals surface area contributed by atoms with Gasteiger partial charge in [0.05, 0.1) is 0 Å². The van der Waals surface area contributed by atoms with Crippen LogP contribution >= 0.6 is 0 Å². The van der Waals surface area contributed by atoms with Gasteiger partial charge in [-0.2, -0.15) is 0 Å². The van der Waals surface area contributed by atoms with E-state index in [1.807, 2.05) is 0 Å². The van der Waals surface area contributed by atoms with Gasteiger partial charge in [0, 0.05) is 37.9 Å². The highest BCUT2D eigenvalue weighted by Gasteiger charge is 2.21. The zero-order valence-corrected chi connectivity index (χ0v) is 9.82. The maximum atomic E-state index is 5.95. The third-order valence-corrected chi connectivity index (χ3v) is 3.66. The Morgan fingerprint density at radius 2 is 2.06 bits per heavy atom. The van der Waals surface area contributed by atoms with Crippen LogP contribution in [0.1, 0.15) is 17.5 Å². The van der Waals surface area contributed by atoms with Gasteiger partial charge in [0.2, 0.25) is 0 Å². The number of nitrogens with zero attached hydrogens (tertiary/aromatic N) is 2. The number of anilines is 1. The predicted molar refractivity (Wildman–Crippen MR) is 66.4 cm³/mol. The SMILES string of the molecule is CN1Cc2ccc(N3CCC(N)C3)cc2C1. The van der Waals surface area contributed by atoms with E-state index in [0.29, 0.717) is 6.04 Å². The van der Waals surface area contributed by atoms with Gasteiger partial charge in [-0.25, -0.2) is 0 Å². The third-order valence-electron chi connectivity index (χ3n) is 3.66. The van der Waals surface area contributed by atoms with Gasteiger partial charge < -0.3 is 10.6 Å². The topological polar surface area (TPSA) is 32.5 Å². The molecule has 86 valence electrons. The van der Waals surface area contributed by atoms with Crippen LogP contribution in [0, 0.1) is 0 Å². The van der Waals surface area contributed by atoms with E-state index >= 15 is 0 Å². The molecular formula is C13H19N3. The van der Waals surface area contributed by atoms with Crippen LogP contribution in [0.3, 0.4) is 0 Å². The third kappa shape index (κ3) is 1.70. The lowest BCUT2D eigenvalue weighted by molar-refractivity contribution is 0.353. The summed E-state index contributed by atoms with van der Waals surface area (Å²) in [5.74, 6) is 0. The summed E-state index contributed by atoms with van der Waals surface area (Å²) in [6.45, 7) is 4.29. The van der Waals surface area contributed by atoms with Crippen LogP contribution in [0.4, 0.5) is 5.69 Å². The first-order valence-corrected chi connectivity index (χ1v) is 6.03. The summed E-state index contributed by atoms with van der Waals surface area (Å²) >= 11 is 0. The van der Waals surface area contributed by atoms with Crippen molar-refractivity contribution >= 4 is 5.69 Å². The van der Waals surface area contributed by atoms with Gasteiger partial charge in [-0.05, 0) is 36.7 Å². The van der Waals surface area contributed by atoms with Crippen molar-refractivity contribution in [2.75, 3.05) is 25.0 Å². The first kappa shape index (κ1) is 10.1. The molecule has 1 saturated heterocycles. The van der Waals surface area contributed by atoms with Crippen molar-refractivity contribution in [3.63, 3.8) is 0 Å². The summed E-state index contributed by atoms with van der Waals surface area (Å²) in [7, 11) is 2.17. The number of rotatable bonds is 1. The van der Waals surface area contributed by atoms with Gasteiger partial charge in [0.15, 0.2) is 0 Å². The van der Waals surface area contributed by atoms with E-state index < -0.39 is 0 Å². The smallest absolute Gasteiger partial charge is 0.0370 e. The van der Waals surface area contributed by atoms with E-state index in [1.165, 1.54) is 16.8 Å². The van der Waals surface area contributed by atoms with E-state index in [1.54, 1.807) is 0 Å². The first-order chi connectivity index (χ1) is 7.72. The molecule has 1 unspecified atom stereocenters. The van der Waals surface area contributed by atoms with Crippen molar-refractivity contribution < 1.29 is 0 Å². The molecule has 16 heavy (non-hydrogen) atoms. The van der Waals surface area contributed by atoms with Gasteiger partial charge in [0.1, 0.15) is 0 Å². The fraction of sp³-hybridized carbons (Fsp3) is 0.538. The summed E-state index contributed by atoms with van der Waals surface area (Å²) in [6.07, 6.45) is 1.12. The summed E-state index contributed by atoms with van der Waals surface area (Å²) < 4.78 is 0. The molecule has 3 heteroatoms. The normalized spacial score (nSPS) is 25.1. The van der Waals surface area contributed by atoms with Crippen LogP contribution in [0.5, 0.6) is 0 Å². The molecule has 1 fully saturated rings. The molecule has 2 heterocycles. The van der Waals surface area contributed by atoms with Crippen LogP contribution in [0.25, 0.3) is 0 Å². The minimum absolute atomic E-state index is 0.357. The quantitative estimate of drug-likeness (QED) is 0.766. The van der Waals surface area contributed by atoms with Gasteiger partial charge in [-0.1, -0.05) is 6.07 Å². The molecule has 0 aromatic heterocycles. The molecule has 2 N–H and O–H groups in total. The number of nitrogens with two attached hydrogens (primary N) is 1. The lowest BCUT2D eigenvalue weighted by Crippen LogP contribution is -2.26. The molecule has 0 radical (unpaired) electrons. The number of benzene rings is 1. The second kappa shape index (κ2) is 3.75. The summed E-state index contributed by atoms with van der Waals surface area (Å²) in [4.78, 5) is 4.76. The Morgan fingerprint density at radius 3 is 2.81 bits per heavy atom. The number of hydrogen-bond acceptors (Lipinski definition) is 3. The molecule has 3 nitrogen and oxygen atoms in total. The molecule has 1 atom stereocenters. The second-order valence-electron chi connectivity index (χ2n) is 5.12. The molecule has 1 aromatic carbocycles. The Hall–Kier alpha value is -1.06. The molecule has 0 amide bonds. The molecular weight excluding hydrogens is 198 g/mol. The monoisotopic (exact) mass is 217 g/mol. The minimum Gasteiger partial charge on any atom is -0.370 e. The predicted octanol–water partition coefficient (Wildman–Crippen LogP) is 1.17. The van der Waals surface area contributed by atoms with E-state index in [0.717, 1.165) is 32.6 Å². The van der Waals surface area contributed by atoms with Crippen molar-refractivity contribution in [1.82, 2.24) is 4.90 Å². The van der Waals surface area contributed by atoms with Gasteiger partial charge in [-0.15, -0.1) is 0 Å². The maximum absolute atomic E-state index is 5.95. The number of fused-ring (bicyclic) bond motifs is 1. The van der Waals surface area contributed by atoms with Crippen molar-refractivity contribution in [1.29, 1.82) is 0 Å². The van der Waals surface area contributed by atoms with Crippen molar-refractivity contribution in [2.24, 2.45) is 5.73 Å². The molecule has 0 spiro atoms. The Balaban J connectivity index is 1.85. The highest BCUT2D eigenvalue weighted by Crippen LogP contribution is 2.27. The van der Waals surface area contributed by atoms with Crippen LogP contribution in [0.15, 0.2) is 18.2 Å². The van der Waals surface area contributed by atoms with E-state index in [9.17, 15) is 0 Å². The van der Waals surface area contributed by atoms with Crippen molar-refractivity contribution in [3.05, 3.63) is 29.3 Å². The van der Waals surface area contributed by atoms with Gasteiger partial charge >= 0.3 is 0 Å². The fourth-order valence-corrected chi connectivity index (χ4v) is 2.77. The second-order valence-corrected chi connectivity index (χ2v) is 5.12. The van der Waals surface area contributed by atoms with E-state index in [-0.39, 0.29) is 0 Å². The molecule has 1 aromatic rings. The molecule has 0 aliphatic carbocycles. The van der Waals surface area contributed by atoms with E-state index in [4.69, 9.17) is 5.73 Å². The maximum Gasteiger partial charge on any atom is 0.0370 e. The standard InChI is InChI=1S/C13H19N3/c1-15-7-10-2-3-13(6-11(10)8-15)16-5-4-12(14)9-16/h2-3,6,12H,4-5,7-9,14H2,1H3. The average molecular weight is 217 g/mol. The Labute approximate surface area is 96.8 Å². The zero-order chi connectivity index (χ0) is 11.1. The van der Waals surface area contributed by atoms with Gasteiger partial charge in [-0.3, -0.25) is 4.90 Å². The average Bonchev–Trinajstić information content (AvgIpc) is 2.81. The van der Waals surface area contributed by atoms with Crippen LogP contribution < -0.4 is 10.6 Å². The minimum atomic E-state index is 0.357. The van der Waals surface area contributed by atoms with Crippen molar-refractivity contribution in [3.8, 4) is 0 Å². The summed E-state index contributed by atoms with van der Waals surface area (Å²) in [5, 5.41) is 0. The Kier molecular flexibility index (Phi) is 2.37. The first-order valence-electron chi connectivity index (χ1n) is 6.03. The molecule has 2 aliphatic rings. The molecule has 2 aliphatic heterocycles. The molecule has 0 saturated carbocycles. The highest BCUT2D eigenvalue weighted by molar-refractivity contribution is 5.52. The van der Waals surface area contributed by atoms with E-state index in [2.05, 4.69) is 35.0 Å².